The summed E-state index contributed by atoms with van der Waals surface area (Å²) >= 11 is 12.1. The van der Waals surface area contributed by atoms with Gasteiger partial charge in [0.2, 0.25) is 21.8 Å². The van der Waals surface area contributed by atoms with Gasteiger partial charge in [0, 0.05) is 26.6 Å². The summed E-state index contributed by atoms with van der Waals surface area (Å²) in [5, 5.41) is 3.32. The van der Waals surface area contributed by atoms with Gasteiger partial charge in [-0.3, -0.25) is 13.9 Å². The molecular formula is C24H31Cl2N3O4S. The van der Waals surface area contributed by atoms with E-state index in [0.717, 1.165) is 22.9 Å². The van der Waals surface area contributed by atoms with Crippen LogP contribution in [0.3, 0.4) is 0 Å². The van der Waals surface area contributed by atoms with Gasteiger partial charge >= 0.3 is 0 Å². The SMILES string of the molecule is CNC(=O)C(C)N(Cc1ccc(Cl)c(Cl)c1)C(=O)CCCN(c1ccc(C)c(C)c1)S(C)(=O)=O. The van der Waals surface area contributed by atoms with Gasteiger partial charge in [0.25, 0.3) is 0 Å². The van der Waals surface area contributed by atoms with Crippen LogP contribution in [0.1, 0.15) is 36.5 Å². The van der Waals surface area contributed by atoms with Gasteiger partial charge in [0.05, 0.1) is 22.0 Å². The average molecular weight is 529 g/mol. The second-order valence-electron chi connectivity index (χ2n) is 8.27. The molecule has 1 unspecified atom stereocenters. The van der Waals surface area contributed by atoms with Crippen molar-refractivity contribution >= 4 is 50.7 Å². The molecule has 34 heavy (non-hydrogen) atoms. The van der Waals surface area contributed by atoms with Crippen LogP contribution in [0.25, 0.3) is 0 Å². The first-order valence-electron chi connectivity index (χ1n) is 10.8. The summed E-state index contributed by atoms with van der Waals surface area (Å²) in [5.74, 6) is -0.572. The molecule has 186 valence electrons. The molecule has 0 aliphatic rings. The van der Waals surface area contributed by atoms with Crippen LogP contribution < -0.4 is 9.62 Å². The van der Waals surface area contributed by atoms with E-state index in [1.807, 2.05) is 26.0 Å². The molecule has 2 rings (SSSR count). The van der Waals surface area contributed by atoms with Crippen LogP contribution in [0.2, 0.25) is 10.0 Å². The number of sulfonamides is 1. The highest BCUT2D eigenvalue weighted by atomic mass is 35.5. The zero-order valence-corrected chi connectivity index (χ0v) is 22.4. The van der Waals surface area contributed by atoms with Gasteiger partial charge in [-0.1, -0.05) is 35.3 Å². The Bertz CT molecular complexity index is 1150. The summed E-state index contributed by atoms with van der Waals surface area (Å²) in [5.41, 5.74) is 3.33. The molecule has 0 radical (unpaired) electrons. The monoisotopic (exact) mass is 527 g/mol. The Morgan fingerprint density at radius 2 is 1.71 bits per heavy atom. The topological polar surface area (TPSA) is 86.8 Å². The van der Waals surface area contributed by atoms with Crippen molar-refractivity contribution in [3.05, 3.63) is 63.1 Å². The first-order chi connectivity index (χ1) is 15.8. The van der Waals surface area contributed by atoms with Crippen molar-refractivity contribution in [2.45, 2.75) is 46.2 Å². The van der Waals surface area contributed by atoms with Gasteiger partial charge in [-0.25, -0.2) is 8.42 Å². The number of rotatable bonds is 10. The van der Waals surface area contributed by atoms with Crippen molar-refractivity contribution < 1.29 is 18.0 Å². The molecular weight excluding hydrogens is 497 g/mol. The Morgan fingerprint density at radius 3 is 2.26 bits per heavy atom. The number of aryl methyl sites for hydroxylation is 2. The Kier molecular flexibility index (Phi) is 9.79. The van der Waals surface area contributed by atoms with Crippen LogP contribution in [-0.4, -0.2) is 51.0 Å². The molecule has 1 atom stereocenters. The second kappa shape index (κ2) is 11.9. The number of nitrogens with zero attached hydrogens (tertiary/aromatic N) is 2. The number of carbonyl (C=O) groups is 2. The molecule has 0 aliphatic heterocycles. The summed E-state index contributed by atoms with van der Waals surface area (Å²) in [4.78, 5) is 26.9. The molecule has 10 heteroatoms. The lowest BCUT2D eigenvalue weighted by Crippen LogP contribution is -2.46. The van der Waals surface area contributed by atoms with Gasteiger partial charge in [-0.15, -0.1) is 0 Å². The van der Waals surface area contributed by atoms with Gasteiger partial charge in [-0.05, 0) is 68.1 Å². The van der Waals surface area contributed by atoms with Gasteiger partial charge in [0.15, 0.2) is 0 Å². The third-order valence-electron chi connectivity index (χ3n) is 5.68. The predicted molar refractivity (Wildman–Crippen MR) is 138 cm³/mol. The van der Waals surface area contributed by atoms with E-state index in [1.165, 1.54) is 16.3 Å². The minimum Gasteiger partial charge on any atom is -0.357 e. The fraction of sp³-hybridized carbons (Fsp3) is 0.417. The molecule has 7 nitrogen and oxygen atoms in total. The number of anilines is 1. The minimum absolute atomic E-state index is 0.0690. The number of hydrogen-bond donors (Lipinski definition) is 1. The van der Waals surface area contributed by atoms with Crippen molar-refractivity contribution in [1.29, 1.82) is 0 Å². The summed E-state index contributed by atoms with van der Waals surface area (Å²) in [6.45, 7) is 5.83. The first kappa shape index (κ1) is 28.0. The third-order valence-corrected chi connectivity index (χ3v) is 7.61. The van der Waals surface area contributed by atoms with Gasteiger partial charge in [0.1, 0.15) is 6.04 Å². The molecule has 0 fully saturated rings. The maximum Gasteiger partial charge on any atom is 0.242 e. The van der Waals surface area contributed by atoms with E-state index in [2.05, 4.69) is 5.32 Å². The zero-order valence-electron chi connectivity index (χ0n) is 20.1. The Morgan fingerprint density at radius 1 is 1.03 bits per heavy atom. The Hall–Kier alpha value is -2.29. The van der Waals surface area contributed by atoms with E-state index >= 15 is 0 Å². The zero-order chi connectivity index (χ0) is 25.6. The van der Waals surface area contributed by atoms with E-state index in [9.17, 15) is 18.0 Å². The van der Waals surface area contributed by atoms with Crippen LogP contribution in [0.15, 0.2) is 36.4 Å². The standard InChI is InChI=1S/C24H31Cl2N3O4S/c1-16-8-10-20(13-17(16)2)29(34(5,32)33)12-6-7-23(30)28(18(3)24(31)27-4)15-19-9-11-21(25)22(26)14-19/h8-11,13-14,18H,6-7,12,15H2,1-5H3,(H,27,31). The minimum atomic E-state index is -3.54. The third kappa shape index (κ3) is 7.35. The number of carbonyl (C=O) groups excluding carboxylic acids is 2. The highest BCUT2D eigenvalue weighted by molar-refractivity contribution is 7.92. The molecule has 1 N–H and O–H groups in total. The Labute approximate surface area is 212 Å². The van der Waals surface area contributed by atoms with Crippen molar-refractivity contribution in [1.82, 2.24) is 10.2 Å². The van der Waals surface area contributed by atoms with E-state index < -0.39 is 16.1 Å². The van der Waals surface area contributed by atoms with Gasteiger partial charge < -0.3 is 10.2 Å². The number of hydrogen-bond acceptors (Lipinski definition) is 4. The van der Waals surface area contributed by atoms with E-state index in [-0.39, 0.29) is 37.7 Å². The second-order valence-corrected chi connectivity index (χ2v) is 11.0. The number of benzene rings is 2. The molecule has 0 saturated heterocycles. The summed E-state index contributed by atoms with van der Waals surface area (Å²) in [6, 6.07) is 9.77. The summed E-state index contributed by atoms with van der Waals surface area (Å²) in [7, 11) is -2.03. The summed E-state index contributed by atoms with van der Waals surface area (Å²) < 4.78 is 26.2. The predicted octanol–water partition coefficient (Wildman–Crippen LogP) is 4.32. The lowest BCUT2D eigenvalue weighted by atomic mass is 10.1. The smallest absolute Gasteiger partial charge is 0.242 e. The first-order valence-corrected chi connectivity index (χ1v) is 13.5. The fourth-order valence-electron chi connectivity index (χ4n) is 3.51. The van der Waals surface area contributed by atoms with Crippen molar-refractivity contribution in [3.63, 3.8) is 0 Å². The molecule has 0 bridgehead atoms. The number of nitrogens with one attached hydrogen (secondary N) is 1. The lowest BCUT2D eigenvalue weighted by Gasteiger charge is -2.29. The van der Waals surface area contributed by atoms with Crippen molar-refractivity contribution in [3.8, 4) is 0 Å². The Balaban J connectivity index is 2.18. The molecule has 0 spiro atoms. The maximum atomic E-state index is 13.1. The fourth-order valence-corrected chi connectivity index (χ4v) is 4.79. The van der Waals surface area contributed by atoms with Crippen molar-refractivity contribution in [2.75, 3.05) is 24.2 Å². The normalized spacial score (nSPS) is 12.2. The lowest BCUT2D eigenvalue weighted by molar-refractivity contribution is -0.140. The van der Waals surface area contributed by atoms with Crippen LogP contribution in [-0.2, 0) is 26.2 Å². The summed E-state index contributed by atoms with van der Waals surface area (Å²) in [6.07, 6.45) is 1.50. The van der Waals surface area contributed by atoms with E-state index in [1.54, 1.807) is 31.2 Å². The van der Waals surface area contributed by atoms with Crippen LogP contribution in [0.4, 0.5) is 5.69 Å². The molecule has 0 saturated carbocycles. The highest BCUT2D eigenvalue weighted by Crippen LogP contribution is 2.25. The number of halogens is 2. The van der Waals surface area contributed by atoms with E-state index in [0.29, 0.717) is 15.7 Å². The molecule has 0 aliphatic carbocycles. The molecule has 2 aromatic carbocycles. The van der Waals surface area contributed by atoms with Crippen molar-refractivity contribution in [2.24, 2.45) is 0 Å². The number of likely N-dealkylation sites (N-methyl/N-ethyl adjacent to an activating group) is 1. The average Bonchev–Trinajstić information content (AvgIpc) is 2.77. The van der Waals surface area contributed by atoms with Gasteiger partial charge in [-0.2, -0.15) is 0 Å². The van der Waals surface area contributed by atoms with Crippen LogP contribution in [0, 0.1) is 13.8 Å². The molecule has 2 amide bonds. The number of amides is 2. The highest BCUT2D eigenvalue weighted by Gasteiger charge is 2.26. The maximum absolute atomic E-state index is 13.1. The molecule has 2 aromatic rings. The van der Waals surface area contributed by atoms with E-state index in [4.69, 9.17) is 23.2 Å². The van der Waals surface area contributed by atoms with Crippen LogP contribution in [0.5, 0.6) is 0 Å². The molecule has 0 aromatic heterocycles. The quantitative estimate of drug-likeness (QED) is 0.498. The molecule has 0 heterocycles. The largest absolute Gasteiger partial charge is 0.357 e. The van der Waals surface area contributed by atoms with Crippen LogP contribution >= 0.6 is 23.2 Å².